The molecule has 0 aliphatic heterocycles. The van der Waals surface area contributed by atoms with Gasteiger partial charge in [0.2, 0.25) is 0 Å². The normalized spacial score (nSPS) is 11.6. The second kappa shape index (κ2) is 5.01. The second-order valence-electron chi connectivity index (χ2n) is 3.54. The van der Waals surface area contributed by atoms with Crippen molar-refractivity contribution in [1.82, 2.24) is 4.98 Å². The van der Waals surface area contributed by atoms with E-state index < -0.39 is 11.7 Å². The molecule has 1 aromatic carbocycles. The molecule has 0 bridgehead atoms. The maximum absolute atomic E-state index is 12.6. The van der Waals surface area contributed by atoms with Crippen molar-refractivity contribution < 1.29 is 13.2 Å². The largest absolute Gasteiger partial charge is 0.416 e. The lowest BCUT2D eigenvalue weighted by molar-refractivity contribution is -0.137. The van der Waals surface area contributed by atoms with Crippen molar-refractivity contribution in [2.45, 2.75) is 6.18 Å². The van der Waals surface area contributed by atoms with E-state index in [0.29, 0.717) is 20.2 Å². The molecule has 0 unspecified atom stereocenters. The fourth-order valence-electron chi connectivity index (χ4n) is 1.50. The molecule has 0 saturated carbocycles. The molecule has 0 fully saturated rings. The molecule has 18 heavy (non-hydrogen) atoms. The van der Waals surface area contributed by atoms with Gasteiger partial charge in [0.25, 0.3) is 0 Å². The predicted molar refractivity (Wildman–Crippen MR) is 70.1 cm³/mol. The Bertz CT molecular complexity index is 582. The van der Waals surface area contributed by atoms with Crippen molar-refractivity contribution in [3.63, 3.8) is 0 Å². The third-order valence-electron chi connectivity index (χ3n) is 2.35. The highest BCUT2D eigenvalue weighted by atomic mass is 79.9. The SMILES string of the molecule is FC(F)(F)c1cccc(-c2ccnc(Br)c2Br)c1. The lowest BCUT2D eigenvalue weighted by Gasteiger charge is -2.10. The van der Waals surface area contributed by atoms with E-state index >= 15 is 0 Å². The van der Waals surface area contributed by atoms with Crippen LogP contribution in [0.2, 0.25) is 0 Å². The molecule has 1 nitrogen and oxygen atoms in total. The van der Waals surface area contributed by atoms with Gasteiger partial charge >= 0.3 is 6.18 Å². The molecule has 0 atom stereocenters. The molecule has 0 radical (unpaired) electrons. The number of benzene rings is 1. The summed E-state index contributed by atoms with van der Waals surface area (Å²) < 4.78 is 39.1. The number of hydrogen-bond acceptors (Lipinski definition) is 1. The van der Waals surface area contributed by atoms with Crippen molar-refractivity contribution >= 4 is 31.9 Å². The molecule has 0 aliphatic carbocycles. The molecule has 6 heteroatoms. The van der Waals surface area contributed by atoms with Crippen LogP contribution in [0.5, 0.6) is 0 Å². The van der Waals surface area contributed by atoms with Gasteiger partial charge in [0.1, 0.15) is 4.60 Å². The van der Waals surface area contributed by atoms with Crippen molar-refractivity contribution in [3.8, 4) is 11.1 Å². The quantitative estimate of drug-likeness (QED) is 0.612. The van der Waals surface area contributed by atoms with Crippen LogP contribution in [0.25, 0.3) is 11.1 Å². The number of aromatic nitrogens is 1. The Labute approximate surface area is 118 Å². The number of alkyl halides is 3. The highest BCUT2D eigenvalue weighted by Crippen LogP contribution is 2.36. The van der Waals surface area contributed by atoms with Gasteiger partial charge in [0.05, 0.1) is 10.0 Å². The Morgan fingerprint density at radius 2 is 1.78 bits per heavy atom. The van der Waals surface area contributed by atoms with Gasteiger partial charge in [0.15, 0.2) is 0 Å². The van der Waals surface area contributed by atoms with Crippen LogP contribution in [0, 0.1) is 0 Å². The molecule has 1 aromatic heterocycles. The minimum absolute atomic E-state index is 0.486. The monoisotopic (exact) mass is 379 g/mol. The smallest absolute Gasteiger partial charge is 0.248 e. The maximum atomic E-state index is 12.6. The van der Waals surface area contributed by atoms with Gasteiger partial charge in [0, 0.05) is 11.8 Å². The zero-order valence-electron chi connectivity index (χ0n) is 8.80. The zero-order valence-corrected chi connectivity index (χ0v) is 12.0. The van der Waals surface area contributed by atoms with Crippen LogP contribution in [0.15, 0.2) is 45.6 Å². The molecule has 94 valence electrons. The molecule has 2 aromatic rings. The highest BCUT2D eigenvalue weighted by Gasteiger charge is 2.30. The van der Waals surface area contributed by atoms with E-state index in [4.69, 9.17) is 0 Å². The van der Waals surface area contributed by atoms with Gasteiger partial charge in [-0.15, -0.1) is 0 Å². The standard InChI is InChI=1S/C12H6Br2F3N/c13-10-9(4-5-18-11(10)14)7-2-1-3-8(6-7)12(15,16)17/h1-6H. The zero-order chi connectivity index (χ0) is 13.3. The van der Waals surface area contributed by atoms with E-state index in [1.807, 2.05) is 0 Å². The van der Waals surface area contributed by atoms with Crippen LogP contribution in [-0.4, -0.2) is 4.98 Å². The fourth-order valence-corrected chi connectivity index (χ4v) is 2.30. The summed E-state index contributed by atoms with van der Waals surface area (Å²) in [6, 6.07) is 6.84. The summed E-state index contributed by atoms with van der Waals surface area (Å²) in [5.41, 5.74) is 0.475. The van der Waals surface area contributed by atoms with Gasteiger partial charge in [-0.2, -0.15) is 13.2 Å². The first kappa shape index (κ1) is 13.5. The number of nitrogens with zero attached hydrogens (tertiary/aromatic N) is 1. The van der Waals surface area contributed by atoms with Crippen molar-refractivity contribution in [1.29, 1.82) is 0 Å². The van der Waals surface area contributed by atoms with Gasteiger partial charge in [-0.3, -0.25) is 0 Å². The van der Waals surface area contributed by atoms with Crippen molar-refractivity contribution in [3.05, 3.63) is 51.2 Å². The first-order valence-electron chi connectivity index (χ1n) is 4.87. The van der Waals surface area contributed by atoms with Crippen LogP contribution in [0.1, 0.15) is 5.56 Å². The summed E-state index contributed by atoms with van der Waals surface area (Å²) in [6.45, 7) is 0. The maximum Gasteiger partial charge on any atom is 0.416 e. The number of halogens is 5. The Morgan fingerprint density at radius 1 is 1.06 bits per heavy atom. The third-order valence-corrected chi connectivity index (χ3v) is 4.28. The molecule has 0 aliphatic rings. The van der Waals surface area contributed by atoms with E-state index in [1.54, 1.807) is 12.1 Å². The summed E-state index contributed by atoms with van der Waals surface area (Å²) >= 11 is 6.52. The summed E-state index contributed by atoms with van der Waals surface area (Å²) in [5, 5.41) is 0. The van der Waals surface area contributed by atoms with E-state index in [2.05, 4.69) is 36.8 Å². The van der Waals surface area contributed by atoms with Gasteiger partial charge in [-0.1, -0.05) is 12.1 Å². The topological polar surface area (TPSA) is 12.9 Å². The van der Waals surface area contributed by atoms with Crippen LogP contribution in [0.4, 0.5) is 13.2 Å². The Balaban J connectivity index is 2.55. The van der Waals surface area contributed by atoms with Crippen LogP contribution in [0.3, 0.4) is 0 Å². The van der Waals surface area contributed by atoms with E-state index in [0.717, 1.165) is 12.1 Å². The number of hydrogen-bond donors (Lipinski definition) is 0. The molecule has 2 rings (SSSR count). The first-order valence-corrected chi connectivity index (χ1v) is 6.46. The number of pyridine rings is 1. The fraction of sp³-hybridized carbons (Fsp3) is 0.0833. The summed E-state index contributed by atoms with van der Waals surface area (Å²) in [4.78, 5) is 3.98. The van der Waals surface area contributed by atoms with Gasteiger partial charge in [-0.25, -0.2) is 4.98 Å². The van der Waals surface area contributed by atoms with Gasteiger partial charge in [-0.05, 0) is 55.6 Å². The van der Waals surface area contributed by atoms with E-state index in [1.165, 1.54) is 12.3 Å². The van der Waals surface area contributed by atoms with Crippen LogP contribution >= 0.6 is 31.9 Å². The molecule has 0 saturated heterocycles. The Morgan fingerprint density at radius 3 is 2.44 bits per heavy atom. The lowest BCUT2D eigenvalue weighted by Crippen LogP contribution is -2.04. The Hall–Kier alpha value is -0.880. The minimum Gasteiger partial charge on any atom is -0.248 e. The molecule has 0 spiro atoms. The average molecular weight is 381 g/mol. The Kier molecular flexibility index (Phi) is 3.77. The minimum atomic E-state index is -4.34. The number of rotatable bonds is 1. The molecular formula is C12H6Br2F3N. The van der Waals surface area contributed by atoms with Crippen LogP contribution < -0.4 is 0 Å². The molecule has 0 N–H and O–H groups in total. The molecule has 0 amide bonds. The van der Waals surface area contributed by atoms with Gasteiger partial charge < -0.3 is 0 Å². The highest BCUT2D eigenvalue weighted by molar-refractivity contribution is 9.13. The third kappa shape index (κ3) is 2.75. The van der Waals surface area contributed by atoms with E-state index in [9.17, 15) is 13.2 Å². The second-order valence-corrected chi connectivity index (χ2v) is 5.09. The van der Waals surface area contributed by atoms with Crippen LogP contribution in [-0.2, 0) is 6.18 Å². The summed E-state index contributed by atoms with van der Waals surface area (Å²) in [6.07, 6.45) is -2.81. The predicted octanol–water partition coefficient (Wildman–Crippen LogP) is 5.29. The molecular weight excluding hydrogens is 375 g/mol. The summed E-state index contributed by atoms with van der Waals surface area (Å²) in [7, 11) is 0. The van der Waals surface area contributed by atoms with Crippen molar-refractivity contribution in [2.75, 3.05) is 0 Å². The average Bonchev–Trinajstić information content (AvgIpc) is 2.32. The first-order chi connectivity index (χ1) is 8.39. The molecule has 1 heterocycles. The summed E-state index contributed by atoms with van der Waals surface area (Å²) in [5.74, 6) is 0. The van der Waals surface area contributed by atoms with Crippen molar-refractivity contribution in [2.24, 2.45) is 0 Å². The lowest BCUT2D eigenvalue weighted by atomic mass is 10.0. The van der Waals surface area contributed by atoms with E-state index in [-0.39, 0.29) is 0 Å².